The lowest BCUT2D eigenvalue weighted by molar-refractivity contribution is 0.631. The van der Waals surface area contributed by atoms with Crippen LogP contribution in [0.2, 0.25) is 5.02 Å². The summed E-state index contributed by atoms with van der Waals surface area (Å²) in [5.74, 6) is -0.405. The zero-order valence-electron chi connectivity index (χ0n) is 8.14. The number of thiophene rings is 1. The highest BCUT2D eigenvalue weighted by atomic mass is 79.9. The minimum Gasteiger partial charge on any atom is -0.326 e. The third kappa shape index (κ3) is 2.15. The molecule has 0 aliphatic rings. The van der Waals surface area contributed by atoms with Crippen LogP contribution < -0.4 is 5.73 Å². The standard InChI is InChI=1S/C11H8BrClFNS/c12-9-2-1-8(11(14)10(9)13)6-3-7(4-15)16-5-6/h1-3,5H,4,15H2. The van der Waals surface area contributed by atoms with Gasteiger partial charge in [0, 0.05) is 21.5 Å². The fourth-order valence-electron chi connectivity index (χ4n) is 1.38. The summed E-state index contributed by atoms with van der Waals surface area (Å²) in [5, 5.41) is 1.99. The van der Waals surface area contributed by atoms with Crippen LogP contribution in [0.3, 0.4) is 0 Å². The Morgan fingerprint density at radius 1 is 1.44 bits per heavy atom. The molecule has 0 saturated carbocycles. The van der Waals surface area contributed by atoms with E-state index in [9.17, 15) is 4.39 Å². The molecule has 2 rings (SSSR count). The molecule has 0 amide bonds. The number of hydrogen-bond acceptors (Lipinski definition) is 2. The number of nitrogens with two attached hydrogens (primary N) is 1. The Balaban J connectivity index is 2.52. The minimum absolute atomic E-state index is 0.109. The van der Waals surface area contributed by atoms with E-state index in [1.54, 1.807) is 12.1 Å². The maximum atomic E-state index is 13.9. The SMILES string of the molecule is NCc1cc(-c2ccc(Br)c(Cl)c2F)cs1. The van der Waals surface area contributed by atoms with E-state index in [1.807, 2.05) is 11.4 Å². The van der Waals surface area contributed by atoms with Crippen LogP contribution in [-0.4, -0.2) is 0 Å². The molecule has 84 valence electrons. The monoisotopic (exact) mass is 319 g/mol. The molecule has 1 aromatic heterocycles. The van der Waals surface area contributed by atoms with Gasteiger partial charge in [-0.25, -0.2) is 4.39 Å². The molecule has 0 radical (unpaired) electrons. The highest BCUT2D eigenvalue weighted by Gasteiger charge is 2.12. The zero-order valence-corrected chi connectivity index (χ0v) is 11.3. The predicted molar refractivity (Wildman–Crippen MR) is 70.3 cm³/mol. The quantitative estimate of drug-likeness (QED) is 0.814. The van der Waals surface area contributed by atoms with E-state index in [2.05, 4.69) is 15.9 Å². The Morgan fingerprint density at radius 2 is 2.19 bits per heavy atom. The topological polar surface area (TPSA) is 26.0 Å². The second kappa shape index (κ2) is 4.84. The highest BCUT2D eigenvalue weighted by Crippen LogP contribution is 2.34. The minimum atomic E-state index is -0.405. The van der Waals surface area contributed by atoms with Gasteiger partial charge in [0.1, 0.15) is 0 Å². The molecule has 16 heavy (non-hydrogen) atoms. The molecule has 0 aliphatic heterocycles. The van der Waals surface area contributed by atoms with Crippen molar-refractivity contribution in [2.45, 2.75) is 6.54 Å². The second-order valence-electron chi connectivity index (χ2n) is 3.23. The van der Waals surface area contributed by atoms with Gasteiger partial charge >= 0.3 is 0 Å². The molecule has 5 heteroatoms. The Hall–Kier alpha value is -0.420. The van der Waals surface area contributed by atoms with Crippen molar-refractivity contribution >= 4 is 38.9 Å². The van der Waals surface area contributed by atoms with Crippen LogP contribution >= 0.6 is 38.9 Å². The molecule has 2 aromatic rings. The molecule has 0 unspecified atom stereocenters. The summed E-state index contributed by atoms with van der Waals surface area (Å²) in [6, 6.07) is 5.32. The first-order chi connectivity index (χ1) is 7.63. The van der Waals surface area contributed by atoms with Gasteiger partial charge < -0.3 is 5.73 Å². The summed E-state index contributed by atoms with van der Waals surface area (Å²) in [6.45, 7) is 0.469. The largest absolute Gasteiger partial charge is 0.326 e. The normalized spacial score (nSPS) is 10.8. The molecule has 0 atom stereocenters. The molecule has 1 aromatic carbocycles. The van der Waals surface area contributed by atoms with Crippen molar-refractivity contribution in [1.82, 2.24) is 0 Å². The maximum absolute atomic E-state index is 13.9. The lowest BCUT2D eigenvalue weighted by Gasteiger charge is -2.03. The van der Waals surface area contributed by atoms with Crippen LogP contribution in [0, 0.1) is 5.82 Å². The molecule has 0 spiro atoms. The number of rotatable bonds is 2. The summed E-state index contributed by atoms with van der Waals surface area (Å²) in [5.41, 5.74) is 6.84. The van der Waals surface area contributed by atoms with E-state index in [1.165, 1.54) is 11.3 Å². The van der Waals surface area contributed by atoms with Gasteiger partial charge in [0.15, 0.2) is 5.82 Å². The van der Waals surface area contributed by atoms with Crippen molar-refractivity contribution in [2.75, 3.05) is 0 Å². The van der Waals surface area contributed by atoms with Crippen molar-refractivity contribution in [2.24, 2.45) is 5.73 Å². The first kappa shape index (κ1) is 12.0. The Bertz CT molecular complexity index is 527. The first-order valence-electron chi connectivity index (χ1n) is 4.55. The van der Waals surface area contributed by atoms with E-state index < -0.39 is 5.82 Å². The van der Waals surface area contributed by atoms with Crippen molar-refractivity contribution in [3.05, 3.63) is 43.8 Å². The fraction of sp³-hybridized carbons (Fsp3) is 0.0909. The molecule has 1 nitrogen and oxygen atoms in total. The summed E-state index contributed by atoms with van der Waals surface area (Å²) in [7, 11) is 0. The smallest absolute Gasteiger partial charge is 0.150 e. The van der Waals surface area contributed by atoms with Gasteiger partial charge in [-0.15, -0.1) is 11.3 Å². The summed E-state index contributed by atoms with van der Waals surface area (Å²) < 4.78 is 14.4. The highest BCUT2D eigenvalue weighted by molar-refractivity contribution is 9.10. The van der Waals surface area contributed by atoms with Crippen LogP contribution in [-0.2, 0) is 6.54 Å². The van der Waals surface area contributed by atoms with Gasteiger partial charge in [0.25, 0.3) is 0 Å². The van der Waals surface area contributed by atoms with Crippen LogP contribution in [0.1, 0.15) is 4.88 Å². The summed E-state index contributed by atoms with van der Waals surface area (Å²) in [6.07, 6.45) is 0. The van der Waals surface area contributed by atoms with Crippen molar-refractivity contribution in [3.63, 3.8) is 0 Å². The van der Waals surface area contributed by atoms with E-state index in [0.29, 0.717) is 16.6 Å². The summed E-state index contributed by atoms with van der Waals surface area (Å²) >= 11 is 10.5. The van der Waals surface area contributed by atoms with Crippen molar-refractivity contribution < 1.29 is 4.39 Å². The molecule has 0 aliphatic carbocycles. The molecular formula is C11H8BrClFNS. The van der Waals surface area contributed by atoms with Crippen molar-refractivity contribution in [3.8, 4) is 11.1 Å². The van der Waals surface area contributed by atoms with E-state index >= 15 is 0 Å². The zero-order chi connectivity index (χ0) is 11.7. The Labute approximate surface area is 110 Å². The van der Waals surface area contributed by atoms with Gasteiger partial charge in [-0.1, -0.05) is 17.7 Å². The Morgan fingerprint density at radius 3 is 2.81 bits per heavy atom. The second-order valence-corrected chi connectivity index (χ2v) is 5.46. The van der Waals surface area contributed by atoms with Gasteiger partial charge in [0.2, 0.25) is 0 Å². The molecule has 1 heterocycles. The Kier molecular flexibility index (Phi) is 3.64. The lowest BCUT2D eigenvalue weighted by atomic mass is 10.1. The average Bonchev–Trinajstić information content (AvgIpc) is 2.74. The molecular weight excluding hydrogens is 313 g/mol. The fourth-order valence-corrected chi connectivity index (χ4v) is 2.61. The number of halogens is 3. The van der Waals surface area contributed by atoms with Gasteiger partial charge in [0.05, 0.1) is 5.02 Å². The number of hydrogen-bond donors (Lipinski definition) is 1. The van der Waals surface area contributed by atoms with Crippen molar-refractivity contribution in [1.29, 1.82) is 0 Å². The molecule has 2 N–H and O–H groups in total. The third-order valence-electron chi connectivity index (χ3n) is 2.20. The summed E-state index contributed by atoms with van der Waals surface area (Å²) in [4.78, 5) is 1.02. The first-order valence-corrected chi connectivity index (χ1v) is 6.60. The van der Waals surface area contributed by atoms with E-state index in [4.69, 9.17) is 17.3 Å². The third-order valence-corrected chi connectivity index (χ3v) is 4.42. The van der Waals surface area contributed by atoms with Gasteiger partial charge in [-0.05, 0) is 39.0 Å². The van der Waals surface area contributed by atoms with E-state index in [-0.39, 0.29) is 5.02 Å². The lowest BCUT2D eigenvalue weighted by Crippen LogP contribution is -1.91. The van der Waals surface area contributed by atoms with Crippen LogP contribution in [0.4, 0.5) is 4.39 Å². The van der Waals surface area contributed by atoms with E-state index in [0.717, 1.165) is 10.4 Å². The molecule has 0 fully saturated rings. The predicted octanol–water partition coefficient (Wildman–Crippen LogP) is 4.43. The van der Waals surface area contributed by atoms with Crippen LogP contribution in [0.15, 0.2) is 28.1 Å². The van der Waals surface area contributed by atoms with Crippen LogP contribution in [0.5, 0.6) is 0 Å². The average molecular weight is 321 g/mol. The number of benzene rings is 1. The van der Waals surface area contributed by atoms with Gasteiger partial charge in [-0.2, -0.15) is 0 Å². The van der Waals surface area contributed by atoms with Gasteiger partial charge in [-0.3, -0.25) is 0 Å². The molecule has 0 saturated heterocycles. The maximum Gasteiger partial charge on any atom is 0.150 e. The molecule has 0 bridgehead atoms. The van der Waals surface area contributed by atoms with Crippen LogP contribution in [0.25, 0.3) is 11.1 Å².